The van der Waals surface area contributed by atoms with Gasteiger partial charge in [0.15, 0.2) is 0 Å². The molecule has 3 aromatic rings. The van der Waals surface area contributed by atoms with Crippen LogP contribution >= 0.6 is 0 Å². The van der Waals surface area contributed by atoms with Gasteiger partial charge in [-0.15, -0.1) is 0 Å². The first-order valence-corrected chi connectivity index (χ1v) is 10.6. The maximum absolute atomic E-state index is 14.3. The smallest absolute Gasteiger partial charge is 0.419 e. The Morgan fingerprint density at radius 3 is 2.55 bits per heavy atom. The van der Waals surface area contributed by atoms with Crippen molar-refractivity contribution in [2.24, 2.45) is 0 Å². The molecule has 0 fully saturated rings. The molecule has 1 aliphatic heterocycles. The summed E-state index contributed by atoms with van der Waals surface area (Å²) in [6, 6.07) is 6.25. The van der Waals surface area contributed by atoms with Crippen molar-refractivity contribution in [3.63, 3.8) is 0 Å². The van der Waals surface area contributed by atoms with Crippen LogP contribution in [0.15, 0.2) is 42.7 Å². The highest BCUT2D eigenvalue weighted by atomic mass is 19.4. The van der Waals surface area contributed by atoms with Gasteiger partial charge in [0, 0.05) is 30.1 Å². The van der Waals surface area contributed by atoms with Crippen molar-refractivity contribution in [3.05, 3.63) is 59.8 Å². The van der Waals surface area contributed by atoms with Crippen LogP contribution in [0.2, 0.25) is 0 Å². The zero-order valence-electron chi connectivity index (χ0n) is 17.9. The molecule has 0 atom stereocenters. The van der Waals surface area contributed by atoms with E-state index in [1.807, 2.05) is 6.92 Å². The molecule has 0 aliphatic carbocycles. The number of halogens is 4. The largest absolute Gasteiger partial charge is 0.449 e. The number of rotatable bonds is 5. The molecule has 174 valence electrons. The Morgan fingerprint density at radius 1 is 1.12 bits per heavy atom. The summed E-state index contributed by atoms with van der Waals surface area (Å²) < 4.78 is 60.4. The molecule has 0 bridgehead atoms. The van der Waals surface area contributed by atoms with Gasteiger partial charge in [0.05, 0.1) is 31.0 Å². The van der Waals surface area contributed by atoms with Gasteiger partial charge in [-0.1, -0.05) is 19.4 Å². The monoisotopic (exact) mass is 462 g/mol. The minimum absolute atomic E-state index is 0.207. The number of pyridine rings is 1. The summed E-state index contributed by atoms with van der Waals surface area (Å²) in [6.07, 6.45) is -0.393. The minimum Gasteiger partial charge on any atom is -0.449 e. The van der Waals surface area contributed by atoms with Gasteiger partial charge in [0.1, 0.15) is 11.5 Å². The summed E-state index contributed by atoms with van der Waals surface area (Å²) in [5.41, 5.74) is 1.23. The van der Waals surface area contributed by atoms with Crippen LogP contribution in [0.5, 0.6) is 0 Å². The maximum atomic E-state index is 14.3. The lowest BCUT2D eigenvalue weighted by molar-refractivity contribution is -0.139. The molecule has 0 saturated carbocycles. The number of hydrogen-bond donors (Lipinski definition) is 0. The number of ether oxygens (including phenoxy) is 1. The predicted octanol–water partition coefficient (Wildman–Crippen LogP) is 5.52. The second-order valence-corrected chi connectivity index (χ2v) is 7.71. The standard InChI is InChI=1S/C23H22F4N4O2/c1-2-3-12-33-22(32)30-10-11-31-19(14-30)20(15-6-8-28-9-7-15)21(29-31)16-4-5-17(18(24)13-16)23(25,26)27/h4-9,13H,2-3,10-12,14H2,1H3. The highest BCUT2D eigenvalue weighted by Gasteiger charge is 2.35. The van der Waals surface area contributed by atoms with Gasteiger partial charge in [0.2, 0.25) is 0 Å². The average molecular weight is 462 g/mol. The van der Waals surface area contributed by atoms with E-state index in [1.165, 1.54) is 6.07 Å². The number of fused-ring (bicyclic) bond motifs is 1. The Morgan fingerprint density at radius 2 is 1.88 bits per heavy atom. The number of nitrogens with zero attached hydrogens (tertiary/aromatic N) is 4. The first-order valence-electron chi connectivity index (χ1n) is 10.6. The number of aromatic nitrogens is 3. The molecule has 1 aromatic carbocycles. The van der Waals surface area contributed by atoms with Crippen LogP contribution < -0.4 is 0 Å². The van der Waals surface area contributed by atoms with Crippen LogP contribution in [0.4, 0.5) is 22.4 Å². The predicted molar refractivity (Wildman–Crippen MR) is 113 cm³/mol. The Kier molecular flexibility index (Phi) is 6.35. The van der Waals surface area contributed by atoms with Gasteiger partial charge >= 0.3 is 12.3 Å². The molecule has 4 rings (SSSR count). The number of benzene rings is 1. The van der Waals surface area contributed by atoms with Crippen LogP contribution in [-0.4, -0.2) is 38.9 Å². The van der Waals surface area contributed by atoms with Crippen LogP contribution in [0, 0.1) is 5.82 Å². The SMILES string of the molecule is CCCCOC(=O)N1CCn2nc(-c3ccc(C(F)(F)F)c(F)c3)c(-c3ccncc3)c2C1. The molecule has 1 amide bonds. The molecular weight excluding hydrogens is 440 g/mol. The van der Waals surface area contributed by atoms with Crippen LogP contribution in [0.25, 0.3) is 22.4 Å². The molecular formula is C23H22F4N4O2. The van der Waals surface area contributed by atoms with Crippen molar-refractivity contribution in [1.29, 1.82) is 0 Å². The third kappa shape index (κ3) is 4.69. The Bertz CT molecular complexity index is 1150. The third-order valence-corrected chi connectivity index (χ3v) is 5.48. The first kappa shape index (κ1) is 22.8. The minimum atomic E-state index is -4.79. The molecule has 0 N–H and O–H groups in total. The van der Waals surface area contributed by atoms with Gasteiger partial charge < -0.3 is 9.64 Å². The van der Waals surface area contributed by atoms with Gasteiger partial charge in [0.25, 0.3) is 0 Å². The summed E-state index contributed by atoms with van der Waals surface area (Å²) in [6.45, 7) is 3.28. The van der Waals surface area contributed by atoms with E-state index in [1.54, 1.807) is 34.1 Å². The van der Waals surface area contributed by atoms with Crippen molar-refractivity contribution in [2.75, 3.05) is 13.2 Å². The van der Waals surface area contributed by atoms with Crippen molar-refractivity contribution >= 4 is 6.09 Å². The Hall–Kier alpha value is -3.43. The second-order valence-electron chi connectivity index (χ2n) is 7.71. The highest BCUT2D eigenvalue weighted by molar-refractivity contribution is 5.83. The summed E-state index contributed by atoms with van der Waals surface area (Å²) >= 11 is 0. The maximum Gasteiger partial charge on any atom is 0.419 e. The fourth-order valence-electron chi connectivity index (χ4n) is 3.78. The number of carbonyl (C=O) groups excluding carboxylic acids is 1. The van der Waals surface area contributed by atoms with Crippen molar-refractivity contribution in [2.45, 2.75) is 39.0 Å². The summed E-state index contributed by atoms with van der Waals surface area (Å²) in [7, 11) is 0. The number of hydrogen-bond acceptors (Lipinski definition) is 4. The van der Waals surface area contributed by atoms with Gasteiger partial charge in [-0.3, -0.25) is 9.67 Å². The molecule has 33 heavy (non-hydrogen) atoms. The Balaban J connectivity index is 1.75. The van der Waals surface area contributed by atoms with E-state index in [0.717, 1.165) is 25.0 Å². The zero-order chi connectivity index (χ0) is 23.6. The molecule has 0 radical (unpaired) electrons. The van der Waals surface area contributed by atoms with E-state index in [4.69, 9.17) is 4.74 Å². The molecule has 6 nitrogen and oxygen atoms in total. The fourth-order valence-corrected chi connectivity index (χ4v) is 3.78. The molecule has 3 heterocycles. The summed E-state index contributed by atoms with van der Waals surface area (Å²) in [4.78, 5) is 18.1. The number of unbranched alkanes of at least 4 members (excludes halogenated alkanes) is 1. The van der Waals surface area contributed by atoms with Crippen LogP contribution in [-0.2, 0) is 24.0 Å². The number of alkyl halides is 3. The average Bonchev–Trinajstić information content (AvgIpc) is 3.17. The van der Waals surface area contributed by atoms with Gasteiger partial charge in [-0.25, -0.2) is 9.18 Å². The highest BCUT2D eigenvalue weighted by Crippen LogP contribution is 2.39. The van der Waals surface area contributed by atoms with E-state index in [9.17, 15) is 22.4 Å². The Labute approximate surface area is 187 Å². The summed E-state index contributed by atoms with van der Waals surface area (Å²) in [5, 5.41) is 4.57. The molecule has 1 aliphatic rings. The van der Waals surface area contributed by atoms with Crippen molar-refractivity contribution < 1.29 is 27.1 Å². The summed E-state index contributed by atoms with van der Waals surface area (Å²) in [5.74, 6) is -1.37. The van der Waals surface area contributed by atoms with E-state index >= 15 is 0 Å². The lowest BCUT2D eigenvalue weighted by atomic mass is 9.98. The molecule has 2 aromatic heterocycles. The zero-order valence-corrected chi connectivity index (χ0v) is 17.9. The number of carbonyl (C=O) groups is 1. The lowest BCUT2D eigenvalue weighted by Crippen LogP contribution is -2.39. The second kappa shape index (κ2) is 9.21. The van der Waals surface area contributed by atoms with Gasteiger partial charge in [-0.05, 0) is 36.2 Å². The van der Waals surface area contributed by atoms with Crippen molar-refractivity contribution in [3.8, 4) is 22.4 Å². The molecule has 0 unspecified atom stereocenters. The molecule has 10 heteroatoms. The quantitative estimate of drug-likeness (QED) is 0.370. The van der Waals surface area contributed by atoms with Crippen molar-refractivity contribution in [1.82, 2.24) is 19.7 Å². The van der Waals surface area contributed by atoms with Crippen LogP contribution in [0.3, 0.4) is 0 Å². The molecule has 0 saturated heterocycles. The topological polar surface area (TPSA) is 60.2 Å². The first-order chi connectivity index (χ1) is 15.8. The third-order valence-electron chi connectivity index (χ3n) is 5.48. The van der Waals surface area contributed by atoms with E-state index in [0.29, 0.717) is 42.2 Å². The van der Waals surface area contributed by atoms with Crippen LogP contribution in [0.1, 0.15) is 31.0 Å². The fraction of sp³-hybridized carbons (Fsp3) is 0.348. The van der Waals surface area contributed by atoms with Gasteiger partial charge in [-0.2, -0.15) is 18.3 Å². The molecule has 0 spiro atoms. The van der Waals surface area contributed by atoms with E-state index < -0.39 is 23.7 Å². The normalized spacial score (nSPS) is 13.7. The number of amides is 1. The van der Waals surface area contributed by atoms with E-state index in [-0.39, 0.29) is 12.1 Å². The lowest BCUT2D eigenvalue weighted by Gasteiger charge is -2.27. The van der Waals surface area contributed by atoms with E-state index in [2.05, 4.69) is 10.1 Å².